The van der Waals surface area contributed by atoms with Crippen molar-refractivity contribution in [3.8, 4) is 22.8 Å². The van der Waals surface area contributed by atoms with E-state index in [2.05, 4.69) is 20.3 Å². The van der Waals surface area contributed by atoms with Crippen LogP contribution in [0.2, 0.25) is 0 Å². The highest BCUT2D eigenvalue weighted by Gasteiger charge is 2.11. The Kier molecular flexibility index (Phi) is 6.67. The van der Waals surface area contributed by atoms with E-state index in [1.54, 1.807) is 36.7 Å². The average molecular weight is 396 g/mol. The van der Waals surface area contributed by atoms with E-state index in [0.29, 0.717) is 23.8 Å². The van der Waals surface area contributed by atoms with Crippen molar-refractivity contribution in [2.45, 2.75) is 13.3 Å². The maximum Gasteiger partial charge on any atom is 0.269 e. The molecule has 3 rings (SSSR count). The summed E-state index contributed by atoms with van der Waals surface area (Å²) in [6.07, 6.45) is 4.83. The molecule has 0 aromatic carbocycles. The Balaban J connectivity index is 1.63. The monoisotopic (exact) mass is 396 g/mol. The normalized spacial score (nSPS) is 10.4. The average Bonchev–Trinajstić information content (AvgIpc) is 2.76. The lowest BCUT2D eigenvalue weighted by Crippen LogP contribution is -2.26. The van der Waals surface area contributed by atoms with Gasteiger partial charge >= 0.3 is 0 Å². The number of pyridine rings is 3. The number of ether oxygens (including phenoxy) is 2. The predicted octanol–water partition coefficient (Wildman–Crippen LogP) is 3.06. The van der Waals surface area contributed by atoms with Crippen LogP contribution in [0.1, 0.15) is 23.0 Å². The topological polar surface area (TPSA) is 86.2 Å². The lowest BCUT2D eigenvalue weighted by Gasteiger charge is -2.08. The molecule has 8 heteroatoms. The van der Waals surface area contributed by atoms with Crippen LogP contribution >= 0.6 is 0 Å². The molecule has 3 aromatic rings. The molecule has 0 atom stereocenters. The number of carbonyl (C=O) groups excluding carboxylic acids is 1. The number of hydrogen-bond donors (Lipinski definition) is 1. The number of methoxy groups -OCH3 is 1. The van der Waals surface area contributed by atoms with Crippen molar-refractivity contribution in [1.29, 1.82) is 0 Å². The first-order valence-electron chi connectivity index (χ1n) is 9.12. The molecule has 7 nitrogen and oxygen atoms in total. The minimum atomic E-state index is -0.580. The second-order valence-electron chi connectivity index (χ2n) is 6.08. The fourth-order valence-corrected chi connectivity index (χ4v) is 2.68. The molecule has 1 amide bonds. The zero-order valence-electron chi connectivity index (χ0n) is 16.2. The number of nitrogens with zero attached hydrogens (tertiary/aromatic N) is 3. The van der Waals surface area contributed by atoms with Gasteiger partial charge in [-0.1, -0.05) is 0 Å². The smallest absolute Gasteiger partial charge is 0.269 e. The van der Waals surface area contributed by atoms with Crippen molar-refractivity contribution < 1.29 is 18.7 Å². The van der Waals surface area contributed by atoms with Crippen LogP contribution in [0.15, 0.2) is 48.9 Å². The maximum absolute atomic E-state index is 13.8. The molecule has 0 aliphatic rings. The van der Waals surface area contributed by atoms with E-state index in [4.69, 9.17) is 9.47 Å². The molecule has 3 aromatic heterocycles. The van der Waals surface area contributed by atoms with Crippen molar-refractivity contribution in [2.24, 2.45) is 0 Å². The lowest BCUT2D eigenvalue weighted by atomic mass is 10.1. The zero-order chi connectivity index (χ0) is 20.6. The Labute approximate surface area is 167 Å². The van der Waals surface area contributed by atoms with E-state index in [0.717, 1.165) is 11.1 Å². The van der Waals surface area contributed by atoms with Crippen LogP contribution in [0.3, 0.4) is 0 Å². The third kappa shape index (κ3) is 5.25. The largest absolute Gasteiger partial charge is 0.495 e. The molecule has 1 N–H and O–H groups in total. The highest BCUT2D eigenvalue weighted by atomic mass is 19.1. The molecule has 150 valence electrons. The summed E-state index contributed by atoms with van der Waals surface area (Å²) in [6, 6.07) is 8.68. The molecule has 0 radical (unpaired) electrons. The third-order valence-corrected chi connectivity index (χ3v) is 4.16. The van der Waals surface area contributed by atoms with Gasteiger partial charge in [0.15, 0.2) is 0 Å². The van der Waals surface area contributed by atoms with Gasteiger partial charge in [-0.2, -0.15) is 4.39 Å². The molecule has 29 heavy (non-hydrogen) atoms. The van der Waals surface area contributed by atoms with Crippen molar-refractivity contribution in [1.82, 2.24) is 20.3 Å². The number of rotatable bonds is 8. The van der Waals surface area contributed by atoms with Crippen LogP contribution in [0, 0.1) is 5.95 Å². The Morgan fingerprint density at radius 1 is 1.10 bits per heavy atom. The number of aromatic nitrogens is 3. The van der Waals surface area contributed by atoms with E-state index in [9.17, 15) is 9.18 Å². The Hall–Kier alpha value is -3.55. The Morgan fingerprint density at radius 3 is 2.69 bits per heavy atom. The van der Waals surface area contributed by atoms with E-state index in [1.165, 1.54) is 13.3 Å². The van der Waals surface area contributed by atoms with E-state index in [1.807, 2.05) is 13.0 Å². The molecule has 0 fully saturated rings. The Morgan fingerprint density at radius 2 is 1.97 bits per heavy atom. The second kappa shape index (κ2) is 9.59. The van der Waals surface area contributed by atoms with Crippen LogP contribution in [0.25, 0.3) is 11.1 Å². The first kappa shape index (κ1) is 20.2. The van der Waals surface area contributed by atoms with Crippen LogP contribution in [0.5, 0.6) is 11.6 Å². The molecule has 0 saturated carbocycles. The molecule has 0 unspecified atom stereocenters. The quantitative estimate of drug-likeness (QED) is 0.589. The molecule has 3 heterocycles. The zero-order valence-corrected chi connectivity index (χ0v) is 16.2. The molecule has 0 bridgehead atoms. The summed E-state index contributed by atoms with van der Waals surface area (Å²) in [4.78, 5) is 24.4. The molecular weight excluding hydrogens is 375 g/mol. The van der Waals surface area contributed by atoms with Crippen LogP contribution in [-0.2, 0) is 6.42 Å². The summed E-state index contributed by atoms with van der Waals surface area (Å²) in [5, 5.41) is 2.74. The van der Waals surface area contributed by atoms with Crippen molar-refractivity contribution in [3.05, 3.63) is 66.1 Å². The number of amides is 1. The van der Waals surface area contributed by atoms with Crippen LogP contribution in [-0.4, -0.2) is 41.1 Å². The summed E-state index contributed by atoms with van der Waals surface area (Å²) in [5.41, 5.74) is 2.28. The summed E-state index contributed by atoms with van der Waals surface area (Å²) in [6.45, 7) is 2.67. The minimum absolute atomic E-state index is 0.237. The van der Waals surface area contributed by atoms with Crippen molar-refractivity contribution in [3.63, 3.8) is 0 Å². The number of nitrogens with one attached hydrogen (secondary N) is 1. The molecule has 0 saturated heterocycles. The predicted molar refractivity (Wildman–Crippen MR) is 105 cm³/mol. The highest BCUT2D eigenvalue weighted by molar-refractivity contribution is 5.93. The molecule has 0 spiro atoms. The van der Waals surface area contributed by atoms with Gasteiger partial charge in [-0.15, -0.1) is 0 Å². The number of hydrogen-bond acceptors (Lipinski definition) is 6. The standard InChI is InChI=1S/C21H21FN4O3/c1-3-29-19-5-4-16(12-25-19)14-6-8-23-18(11-14)21(27)24-9-7-15-10-17(28-2)13-26-20(15)22/h4-6,8,10-13H,3,7,9H2,1-2H3,(H,24,27). The SMILES string of the molecule is CCOc1ccc(-c2ccnc(C(=O)NCCc3cc(OC)cnc3F)c2)cn1. The third-order valence-electron chi connectivity index (χ3n) is 4.16. The first-order chi connectivity index (χ1) is 14.1. The summed E-state index contributed by atoms with van der Waals surface area (Å²) in [7, 11) is 1.49. The number of carbonyl (C=O) groups is 1. The molecule has 0 aliphatic heterocycles. The van der Waals surface area contributed by atoms with E-state index < -0.39 is 5.95 Å². The van der Waals surface area contributed by atoms with Gasteiger partial charge in [-0.25, -0.2) is 9.97 Å². The minimum Gasteiger partial charge on any atom is -0.495 e. The van der Waals surface area contributed by atoms with Crippen molar-refractivity contribution >= 4 is 5.91 Å². The van der Waals surface area contributed by atoms with Gasteiger partial charge < -0.3 is 14.8 Å². The fraction of sp³-hybridized carbons (Fsp3) is 0.238. The fourth-order valence-electron chi connectivity index (χ4n) is 2.68. The Bertz CT molecular complexity index is 980. The van der Waals surface area contributed by atoms with E-state index >= 15 is 0 Å². The summed E-state index contributed by atoms with van der Waals surface area (Å²) < 4.78 is 24.1. The highest BCUT2D eigenvalue weighted by Crippen LogP contribution is 2.20. The van der Waals surface area contributed by atoms with Gasteiger partial charge in [0.2, 0.25) is 11.8 Å². The van der Waals surface area contributed by atoms with Gasteiger partial charge in [-0.3, -0.25) is 9.78 Å². The van der Waals surface area contributed by atoms with Crippen LogP contribution < -0.4 is 14.8 Å². The second-order valence-corrected chi connectivity index (χ2v) is 6.08. The van der Waals surface area contributed by atoms with Gasteiger partial charge in [0, 0.05) is 36.1 Å². The first-order valence-corrected chi connectivity index (χ1v) is 9.12. The summed E-state index contributed by atoms with van der Waals surface area (Å²) >= 11 is 0. The van der Waals surface area contributed by atoms with Gasteiger partial charge in [-0.05, 0) is 43.2 Å². The lowest BCUT2D eigenvalue weighted by molar-refractivity contribution is 0.0949. The van der Waals surface area contributed by atoms with E-state index in [-0.39, 0.29) is 24.6 Å². The molecular formula is C21H21FN4O3. The summed E-state index contributed by atoms with van der Waals surface area (Å²) in [5.74, 6) is 0.0822. The van der Waals surface area contributed by atoms with Crippen molar-refractivity contribution in [2.75, 3.05) is 20.3 Å². The molecule has 0 aliphatic carbocycles. The van der Waals surface area contributed by atoms with Gasteiger partial charge in [0.25, 0.3) is 5.91 Å². The van der Waals surface area contributed by atoms with Gasteiger partial charge in [0.05, 0.1) is 19.9 Å². The maximum atomic E-state index is 13.8. The van der Waals surface area contributed by atoms with Crippen LogP contribution in [0.4, 0.5) is 4.39 Å². The van der Waals surface area contributed by atoms with Gasteiger partial charge in [0.1, 0.15) is 11.4 Å². The number of halogens is 1.